The molecule has 1 aromatic carbocycles. The first-order valence-electron chi connectivity index (χ1n) is 10.8. The van der Waals surface area contributed by atoms with Crippen molar-refractivity contribution in [3.8, 4) is 17.3 Å². The summed E-state index contributed by atoms with van der Waals surface area (Å²) in [5.74, 6) is -0.224. The lowest BCUT2D eigenvalue weighted by Gasteiger charge is -2.28. The van der Waals surface area contributed by atoms with E-state index in [1.807, 2.05) is 24.3 Å². The van der Waals surface area contributed by atoms with Crippen molar-refractivity contribution in [1.29, 1.82) is 0 Å². The molecule has 1 atom stereocenters. The molecule has 0 spiro atoms. The van der Waals surface area contributed by atoms with Crippen LogP contribution in [0.25, 0.3) is 22.4 Å². The van der Waals surface area contributed by atoms with Crippen LogP contribution in [0.4, 0.5) is 5.69 Å². The van der Waals surface area contributed by atoms with Gasteiger partial charge in [0.1, 0.15) is 5.76 Å². The van der Waals surface area contributed by atoms with Gasteiger partial charge < -0.3 is 24.5 Å². The van der Waals surface area contributed by atoms with Crippen molar-refractivity contribution in [2.75, 3.05) is 31.2 Å². The molecule has 0 saturated carbocycles. The first-order valence-corrected chi connectivity index (χ1v) is 11.2. The normalized spacial score (nSPS) is 18.4. The number of nitrogens with zero attached hydrogens (tertiary/aromatic N) is 3. The number of hydrogen-bond acceptors (Lipinski definition) is 6. The van der Waals surface area contributed by atoms with Gasteiger partial charge in [-0.25, -0.2) is 4.98 Å². The van der Waals surface area contributed by atoms with Gasteiger partial charge in [-0.1, -0.05) is 29.8 Å². The molecule has 1 saturated heterocycles. The number of benzene rings is 1. The Bertz CT molecular complexity index is 1230. The molecule has 2 aliphatic rings. The molecule has 1 aliphatic carbocycles. The van der Waals surface area contributed by atoms with Gasteiger partial charge in [-0.15, -0.1) is 0 Å². The number of carbonyl (C=O) groups is 1. The predicted molar refractivity (Wildman–Crippen MR) is 126 cm³/mol. The first-order chi connectivity index (χ1) is 16.0. The number of nitrogens with one attached hydrogen (secondary N) is 1. The number of aromatic amines is 1. The lowest BCUT2D eigenvalue weighted by molar-refractivity contribution is -0.137. The molecular weight excluding hydrogens is 444 g/mol. The number of ether oxygens (including phenoxy) is 2. The van der Waals surface area contributed by atoms with Gasteiger partial charge in [0, 0.05) is 24.3 Å². The number of aliphatic carboxylic acids is 1. The summed E-state index contributed by atoms with van der Waals surface area (Å²) in [6.07, 6.45) is 6.19. The molecule has 1 unspecified atom stereocenters. The zero-order chi connectivity index (χ0) is 22.8. The lowest BCUT2D eigenvalue weighted by Crippen LogP contribution is -2.36. The van der Waals surface area contributed by atoms with Gasteiger partial charge in [0.15, 0.2) is 5.65 Å². The molecule has 3 heterocycles. The lowest BCUT2D eigenvalue weighted by atomic mass is 9.97. The van der Waals surface area contributed by atoms with Crippen LogP contribution < -0.4 is 9.64 Å². The molecule has 0 bridgehead atoms. The second-order valence-corrected chi connectivity index (χ2v) is 8.45. The van der Waals surface area contributed by atoms with E-state index in [9.17, 15) is 4.79 Å². The monoisotopic (exact) mass is 466 g/mol. The van der Waals surface area contributed by atoms with Crippen LogP contribution >= 0.6 is 11.6 Å². The van der Waals surface area contributed by atoms with Gasteiger partial charge in [-0.3, -0.25) is 4.79 Å². The third kappa shape index (κ3) is 4.86. The SMILES string of the molecule is O=C(O)CC1C=CC(Oc2nc3nc(-c4ccc(N5CCOCC5)cc4)c(Cl)cc3[nH]2)=CC1. The fourth-order valence-corrected chi connectivity index (χ4v) is 4.27. The fourth-order valence-electron chi connectivity index (χ4n) is 4.01. The number of hydrogen-bond donors (Lipinski definition) is 2. The quantitative estimate of drug-likeness (QED) is 0.554. The maximum Gasteiger partial charge on any atom is 0.303 e. The van der Waals surface area contributed by atoms with Gasteiger partial charge in [-0.05, 0) is 42.7 Å². The van der Waals surface area contributed by atoms with Crippen LogP contribution in [0, 0.1) is 5.92 Å². The Hall–Kier alpha value is -3.36. The number of allylic oxidation sites excluding steroid dienone is 3. The molecule has 1 fully saturated rings. The minimum Gasteiger partial charge on any atom is -0.481 e. The molecule has 0 radical (unpaired) electrons. The van der Waals surface area contributed by atoms with E-state index in [0.717, 1.165) is 37.6 Å². The summed E-state index contributed by atoms with van der Waals surface area (Å²) < 4.78 is 11.2. The number of anilines is 1. The minimum absolute atomic E-state index is 0.0248. The summed E-state index contributed by atoms with van der Waals surface area (Å²) in [6, 6.07) is 10.3. The van der Waals surface area contributed by atoms with E-state index in [1.54, 1.807) is 12.1 Å². The highest BCUT2D eigenvalue weighted by molar-refractivity contribution is 6.33. The van der Waals surface area contributed by atoms with Gasteiger partial charge >= 0.3 is 12.0 Å². The summed E-state index contributed by atoms with van der Waals surface area (Å²) in [5.41, 5.74) is 3.89. The van der Waals surface area contributed by atoms with Gasteiger partial charge in [0.2, 0.25) is 0 Å². The van der Waals surface area contributed by atoms with E-state index in [-0.39, 0.29) is 12.3 Å². The second-order valence-electron chi connectivity index (χ2n) is 8.04. The molecule has 2 N–H and O–H groups in total. The van der Waals surface area contributed by atoms with Crippen molar-refractivity contribution in [1.82, 2.24) is 15.0 Å². The maximum atomic E-state index is 10.9. The summed E-state index contributed by atoms with van der Waals surface area (Å²) >= 11 is 6.54. The summed E-state index contributed by atoms with van der Waals surface area (Å²) in [7, 11) is 0. The smallest absolute Gasteiger partial charge is 0.303 e. The maximum absolute atomic E-state index is 10.9. The molecule has 170 valence electrons. The average Bonchev–Trinajstić information content (AvgIpc) is 3.21. The third-order valence-corrected chi connectivity index (χ3v) is 6.02. The molecular formula is C24H23ClN4O4. The van der Waals surface area contributed by atoms with Crippen LogP contribution in [-0.4, -0.2) is 52.3 Å². The predicted octanol–water partition coefficient (Wildman–Crippen LogP) is 4.43. The molecule has 3 aromatic rings. The Morgan fingerprint density at radius 1 is 1.24 bits per heavy atom. The third-order valence-electron chi connectivity index (χ3n) is 5.73. The van der Waals surface area contributed by atoms with Crippen molar-refractivity contribution in [3.05, 3.63) is 59.3 Å². The highest BCUT2D eigenvalue weighted by Gasteiger charge is 2.17. The van der Waals surface area contributed by atoms with Crippen LogP contribution in [0.3, 0.4) is 0 Å². The van der Waals surface area contributed by atoms with E-state index in [4.69, 9.17) is 26.2 Å². The summed E-state index contributed by atoms with van der Waals surface area (Å²) in [6.45, 7) is 3.24. The average molecular weight is 467 g/mol. The van der Waals surface area contributed by atoms with Gasteiger partial charge in [-0.2, -0.15) is 4.98 Å². The number of morpholine rings is 1. The van der Waals surface area contributed by atoms with E-state index in [0.29, 0.717) is 40.1 Å². The molecule has 2 aromatic heterocycles. The number of imidazole rings is 1. The zero-order valence-corrected chi connectivity index (χ0v) is 18.6. The fraction of sp³-hybridized carbons (Fsp3) is 0.292. The van der Waals surface area contributed by atoms with Crippen LogP contribution in [-0.2, 0) is 9.53 Å². The Labute approximate surface area is 195 Å². The van der Waals surface area contributed by atoms with Crippen molar-refractivity contribution >= 4 is 34.4 Å². The zero-order valence-electron chi connectivity index (χ0n) is 17.8. The van der Waals surface area contributed by atoms with Crippen LogP contribution in [0.2, 0.25) is 5.02 Å². The Morgan fingerprint density at radius 2 is 2.03 bits per heavy atom. The molecule has 5 rings (SSSR count). The van der Waals surface area contributed by atoms with E-state index in [1.165, 1.54) is 0 Å². The number of fused-ring (bicyclic) bond motifs is 1. The van der Waals surface area contributed by atoms with E-state index in [2.05, 4.69) is 32.0 Å². The van der Waals surface area contributed by atoms with Crippen molar-refractivity contribution in [3.63, 3.8) is 0 Å². The van der Waals surface area contributed by atoms with Crippen molar-refractivity contribution in [2.24, 2.45) is 5.92 Å². The molecule has 0 amide bonds. The highest BCUT2D eigenvalue weighted by atomic mass is 35.5. The van der Waals surface area contributed by atoms with Crippen LogP contribution in [0.1, 0.15) is 12.8 Å². The number of carboxylic acid groups (broad SMARTS) is 1. The van der Waals surface area contributed by atoms with Gasteiger partial charge in [0.05, 0.1) is 35.9 Å². The number of H-pyrrole nitrogens is 1. The van der Waals surface area contributed by atoms with E-state index >= 15 is 0 Å². The standard InChI is InChI=1S/C24H23ClN4O4/c25-19-14-20-23(28-24(26-20)33-18-7-1-15(2-8-18)13-21(30)31)27-22(19)16-3-5-17(6-4-16)29-9-11-32-12-10-29/h1,3-8,14-15H,2,9-13H2,(H,30,31)(H,26,27,28). The van der Waals surface area contributed by atoms with E-state index < -0.39 is 5.97 Å². The van der Waals surface area contributed by atoms with Gasteiger partial charge in [0.25, 0.3) is 0 Å². The number of carboxylic acids is 1. The van der Waals surface area contributed by atoms with Crippen LogP contribution in [0.5, 0.6) is 6.01 Å². The molecule has 8 nitrogen and oxygen atoms in total. The Kier molecular flexibility index (Phi) is 6.02. The number of rotatable bonds is 6. The minimum atomic E-state index is -0.811. The molecule has 9 heteroatoms. The summed E-state index contributed by atoms with van der Waals surface area (Å²) in [5, 5.41) is 9.44. The second kappa shape index (κ2) is 9.25. The first kappa shape index (κ1) is 21.5. The number of pyridine rings is 1. The summed E-state index contributed by atoms with van der Waals surface area (Å²) in [4.78, 5) is 25.4. The molecule has 1 aliphatic heterocycles. The largest absolute Gasteiger partial charge is 0.481 e. The van der Waals surface area contributed by atoms with Crippen LogP contribution in [0.15, 0.2) is 54.3 Å². The van der Waals surface area contributed by atoms with Crippen molar-refractivity contribution < 1.29 is 19.4 Å². The Balaban J connectivity index is 1.33. The molecule has 33 heavy (non-hydrogen) atoms. The Morgan fingerprint density at radius 3 is 2.73 bits per heavy atom. The number of aromatic nitrogens is 3. The number of halogens is 1. The van der Waals surface area contributed by atoms with Crippen molar-refractivity contribution in [2.45, 2.75) is 12.8 Å². The highest BCUT2D eigenvalue weighted by Crippen LogP contribution is 2.31. The topological polar surface area (TPSA) is 101 Å².